The van der Waals surface area contributed by atoms with Crippen molar-refractivity contribution in [1.29, 1.82) is 0 Å². The highest BCUT2D eigenvalue weighted by atomic mass is 16.8. The van der Waals surface area contributed by atoms with Crippen LogP contribution in [0.15, 0.2) is 0 Å². The highest BCUT2D eigenvalue weighted by molar-refractivity contribution is 5.00. The van der Waals surface area contributed by atoms with Gasteiger partial charge in [0.25, 0.3) is 0 Å². The van der Waals surface area contributed by atoms with Gasteiger partial charge in [0, 0.05) is 0 Å². The van der Waals surface area contributed by atoms with E-state index in [1.165, 1.54) is 0 Å². The van der Waals surface area contributed by atoms with Crippen LogP contribution >= 0.6 is 0 Å². The Kier molecular flexibility index (Phi) is 2.55. The van der Waals surface area contributed by atoms with Crippen LogP contribution in [0.3, 0.4) is 0 Å². The lowest BCUT2D eigenvalue weighted by molar-refractivity contribution is -0.142. The Hall–Kier alpha value is -0.200. The van der Waals surface area contributed by atoms with Gasteiger partial charge in [-0.1, -0.05) is 0 Å². The molecule has 0 aromatic heterocycles. The van der Waals surface area contributed by atoms with Crippen LogP contribution in [-0.2, 0) is 23.7 Å². The lowest BCUT2D eigenvalue weighted by Crippen LogP contribution is -2.30. The molecule has 0 amide bonds. The zero-order valence-electron chi connectivity index (χ0n) is 10.8. The monoisotopic (exact) mass is 244 g/mol. The van der Waals surface area contributed by atoms with Gasteiger partial charge in [-0.2, -0.15) is 0 Å². The van der Waals surface area contributed by atoms with Crippen molar-refractivity contribution in [3.05, 3.63) is 0 Å². The Morgan fingerprint density at radius 2 is 1.18 bits per heavy atom. The van der Waals surface area contributed by atoms with E-state index in [0.29, 0.717) is 13.2 Å². The molecular weight excluding hydrogens is 224 g/mol. The van der Waals surface area contributed by atoms with E-state index in [1.807, 2.05) is 27.7 Å². The Bertz CT molecular complexity index is 284. The van der Waals surface area contributed by atoms with Crippen LogP contribution < -0.4 is 0 Å². The molecule has 0 saturated carbocycles. The third-order valence-electron chi connectivity index (χ3n) is 3.36. The largest absolute Gasteiger partial charge is 0.364 e. The molecule has 3 saturated heterocycles. The number of rotatable bonds is 2. The van der Waals surface area contributed by atoms with E-state index in [-0.39, 0.29) is 24.4 Å². The van der Waals surface area contributed by atoms with Gasteiger partial charge in [-0.05, 0) is 27.7 Å². The highest BCUT2D eigenvalue weighted by Gasteiger charge is 2.56. The summed E-state index contributed by atoms with van der Waals surface area (Å²) in [4.78, 5) is 0. The predicted octanol–water partition coefficient (Wildman–Crippen LogP) is 1.06. The fourth-order valence-electron chi connectivity index (χ4n) is 2.49. The first-order valence-electron chi connectivity index (χ1n) is 6.15. The van der Waals surface area contributed by atoms with Gasteiger partial charge in [-0.15, -0.1) is 0 Å². The fourth-order valence-corrected chi connectivity index (χ4v) is 2.49. The molecule has 4 atom stereocenters. The first-order valence-corrected chi connectivity index (χ1v) is 6.15. The minimum Gasteiger partial charge on any atom is -0.364 e. The normalized spacial score (nSPS) is 47.3. The Morgan fingerprint density at radius 1 is 0.765 bits per heavy atom. The average Bonchev–Trinajstić information content (AvgIpc) is 2.81. The van der Waals surface area contributed by atoms with E-state index < -0.39 is 11.6 Å². The lowest BCUT2D eigenvalue weighted by atomic mass is 10.1. The van der Waals surface area contributed by atoms with Gasteiger partial charge >= 0.3 is 0 Å². The van der Waals surface area contributed by atoms with Crippen LogP contribution in [-0.4, -0.2) is 49.2 Å². The van der Waals surface area contributed by atoms with E-state index >= 15 is 0 Å². The second-order valence-electron chi connectivity index (χ2n) is 5.80. The molecule has 3 aliphatic rings. The van der Waals surface area contributed by atoms with E-state index in [0.717, 1.165) is 0 Å². The average molecular weight is 244 g/mol. The molecule has 0 spiro atoms. The topological polar surface area (TPSA) is 49.5 Å². The van der Waals surface area contributed by atoms with Crippen LogP contribution in [0.2, 0.25) is 0 Å². The summed E-state index contributed by atoms with van der Waals surface area (Å²) in [5.41, 5.74) is 0. The van der Waals surface area contributed by atoms with E-state index in [4.69, 9.17) is 23.7 Å². The molecule has 0 aromatic carbocycles. The third kappa shape index (κ3) is 2.35. The quantitative estimate of drug-likeness (QED) is 0.680. The summed E-state index contributed by atoms with van der Waals surface area (Å²) in [6, 6.07) is 0. The SMILES string of the molecule is CC1(C)OC[C@H]([C@@H]2O[C@H]2[C@H]2COC(C)(C)O2)O1. The summed E-state index contributed by atoms with van der Waals surface area (Å²) < 4.78 is 28.3. The molecule has 0 bridgehead atoms. The van der Waals surface area contributed by atoms with E-state index in [1.54, 1.807) is 0 Å². The summed E-state index contributed by atoms with van der Waals surface area (Å²) in [6.07, 6.45) is 0.197. The maximum Gasteiger partial charge on any atom is 0.163 e. The molecule has 0 N–H and O–H groups in total. The van der Waals surface area contributed by atoms with Gasteiger partial charge in [0.1, 0.15) is 24.4 Å². The molecule has 0 radical (unpaired) electrons. The van der Waals surface area contributed by atoms with Crippen LogP contribution in [0.25, 0.3) is 0 Å². The molecule has 3 aliphatic heterocycles. The summed E-state index contributed by atoms with van der Waals surface area (Å²) in [5, 5.41) is 0. The second-order valence-corrected chi connectivity index (χ2v) is 5.80. The van der Waals surface area contributed by atoms with Gasteiger partial charge in [0.05, 0.1) is 13.2 Å². The molecule has 5 nitrogen and oxygen atoms in total. The van der Waals surface area contributed by atoms with Crippen molar-refractivity contribution in [2.75, 3.05) is 13.2 Å². The summed E-state index contributed by atoms with van der Waals surface area (Å²) in [7, 11) is 0. The fraction of sp³-hybridized carbons (Fsp3) is 1.00. The van der Waals surface area contributed by atoms with Crippen molar-refractivity contribution in [3.63, 3.8) is 0 Å². The Morgan fingerprint density at radius 3 is 1.47 bits per heavy atom. The molecule has 0 aliphatic carbocycles. The molecule has 3 fully saturated rings. The van der Waals surface area contributed by atoms with E-state index in [9.17, 15) is 0 Å². The smallest absolute Gasteiger partial charge is 0.163 e. The Balaban J connectivity index is 1.54. The lowest BCUT2D eigenvalue weighted by Gasteiger charge is -2.17. The molecule has 98 valence electrons. The maximum atomic E-state index is 5.77. The minimum absolute atomic E-state index is 0.0160. The first kappa shape index (κ1) is 11.9. The van der Waals surface area contributed by atoms with Crippen molar-refractivity contribution in [2.24, 2.45) is 0 Å². The molecule has 0 aromatic rings. The molecular formula is C12H20O5. The van der Waals surface area contributed by atoms with Crippen LogP contribution in [0.5, 0.6) is 0 Å². The summed E-state index contributed by atoms with van der Waals surface area (Å²) in [6.45, 7) is 8.85. The molecule has 3 heterocycles. The highest BCUT2D eigenvalue weighted by Crippen LogP contribution is 2.40. The van der Waals surface area contributed by atoms with Gasteiger partial charge in [-0.25, -0.2) is 0 Å². The van der Waals surface area contributed by atoms with Crippen molar-refractivity contribution in [2.45, 2.75) is 63.7 Å². The van der Waals surface area contributed by atoms with Gasteiger partial charge in [-0.3, -0.25) is 0 Å². The molecule has 5 heteroatoms. The predicted molar refractivity (Wildman–Crippen MR) is 58.5 cm³/mol. The van der Waals surface area contributed by atoms with Gasteiger partial charge < -0.3 is 23.7 Å². The van der Waals surface area contributed by atoms with Crippen molar-refractivity contribution in [1.82, 2.24) is 0 Å². The van der Waals surface area contributed by atoms with Crippen molar-refractivity contribution in [3.8, 4) is 0 Å². The van der Waals surface area contributed by atoms with Crippen molar-refractivity contribution >= 4 is 0 Å². The van der Waals surface area contributed by atoms with E-state index in [2.05, 4.69) is 0 Å². The molecule has 0 unspecified atom stereocenters. The van der Waals surface area contributed by atoms with Crippen molar-refractivity contribution < 1.29 is 23.7 Å². The molecule has 3 rings (SSSR count). The zero-order valence-corrected chi connectivity index (χ0v) is 10.8. The van der Waals surface area contributed by atoms with Gasteiger partial charge in [0.2, 0.25) is 0 Å². The molecule has 17 heavy (non-hydrogen) atoms. The van der Waals surface area contributed by atoms with Gasteiger partial charge in [0.15, 0.2) is 11.6 Å². The number of epoxide rings is 1. The zero-order chi connectivity index (χ0) is 12.3. The van der Waals surface area contributed by atoms with Crippen LogP contribution in [0, 0.1) is 0 Å². The Labute approximate surface area is 101 Å². The number of ether oxygens (including phenoxy) is 5. The maximum absolute atomic E-state index is 5.77. The second kappa shape index (κ2) is 3.65. The minimum atomic E-state index is -0.493. The number of hydrogen-bond donors (Lipinski definition) is 0. The standard InChI is InChI=1S/C12H20O5/c1-11(2)13-5-7(16-11)9-10(15-9)8-6-14-12(3,4)17-8/h7-10H,5-6H2,1-4H3/t7-,8-,9+,10+/m1/s1. The summed E-state index contributed by atoms with van der Waals surface area (Å²) in [5.74, 6) is -0.985. The van der Waals surface area contributed by atoms with Crippen LogP contribution in [0.1, 0.15) is 27.7 Å². The summed E-state index contributed by atoms with van der Waals surface area (Å²) >= 11 is 0. The first-order chi connectivity index (χ1) is 7.86. The van der Waals surface area contributed by atoms with Crippen LogP contribution in [0.4, 0.5) is 0 Å². The number of hydrogen-bond acceptors (Lipinski definition) is 5. The third-order valence-corrected chi connectivity index (χ3v) is 3.36.